The summed E-state index contributed by atoms with van der Waals surface area (Å²) in [6.07, 6.45) is -74.4. The minimum Gasteiger partial charge on any atom is -0.479 e. The summed E-state index contributed by atoms with van der Waals surface area (Å²) >= 11 is 0. The van der Waals surface area contributed by atoms with Crippen molar-refractivity contribution < 1.29 is 232 Å². The van der Waals surface area contributed by atoms with Crippen LogP contribution in [0.4, 0.5) is 0 Å². The van der Waals surface area contributed by atoms with E-state index in [4.69, 9.17) is 85.3 Å². The quantitative estimate of drug-likeness (QED) is 0.00923. The second-order valence-electron chi connectivity index (χ2n) is 42.9. The maximum Gasteiger partial charge on any atom is 0.335 e. The first kappa shape index (κ1) is 113. The molecule has 24 N–H and O–H groups in total. The lowest BCUT2D eigenvalue weighted by Gasteiger charge is -2.71. The Balaban J connectivity index is 0.778. The predicted molar refractivity (Wildman–Crippen MR) is 464 cm³/mol. The molecule has 12 fully saturated rings. The van der Waals surface area contributed by atoms with Gasteiger partial charge < -0.3 is 213 Å². The number of aliphatic carboxylic acids is 1. The van der Waals surface area contributed by atoms with Gasteiger partial charge >= 0.3 is 23.9 Å². The fraction of sp³-hybridized carbons (Fsp3) is 0.925. The molecule has 0 aromatic rings. The minimum atomic E-state index is -2.31. The van der Waals surface area contributed by atoms with Gasteiger partial charge in [0, 0.05) is 12.8 Å². The van der Waals surface area contributed by atoms with E-state index < -0.39 is 384 Å². The van der Waals surface area contributed by atoms with Crippen molar-refractivity contribution in [3.63, 3.8) is 0 Å². The fourth-order valence-electron chi connectivity index (χ4n) is 24.4. The van der Waals surface area contributed by atoms with E-state index in [0.717, 1.165) is 11.9 Å². The number of aliphatic hydroxyl groups is 23. The van der Waals surface area contributed by atoms with E-state index in [9.17, 15) is 142 Å². The maximum absolute atomic E-state index is 16.5. The summed E-state index contributed by atoms with van der Waals surface area (Å²) in [7, 11) is 0. The molecule has 8 heterocycles. The molecule has 804 valence electrons. The molecule has 0 aromatic carbocycles. The normalized spacial score (nSPS) is 48.8. The molecular formula is C93H150O47. The van der Waals surface area contributed by atoms with Gasteiger partial charge in [0.1, 0.15) is 164 Å². The topological polar surface area (TPSA) is 737 Å². The van der Waals surface area contributed by atoms with E-state index in [0.29, 0.717) is 32.1 Å². The van der Waals surface area contributed by atoms with Crippen LogP contribution in [0.5, 0.6) is 0 Å². The molecular weight excluding hydrogens is 1870 g/mol. The second-order valence-corrected chi connectivity index (χ2v) is 42.9. The van der Waals surface area contributed by atoms with E-state index >= 15 is 4.79 Å². The molecule has 47 nitrogen and oxygen atoms in total. The smallest absolute Gasteiger partial charge is 0.335 e. The van der Waals surface area contributed by atoms with Crippen molar-refractivity contribution in [2.45, 2.75) is 443 Å². The summed E-state index contributed by atoms with van der Waals surface area (Å²) in [5.41, 5.74) is -5.75. The number of fused-ring (bicyclic) bond motifs is 7. The zero-order chi connectivity index (χ0) is 103. The summed E-state index contributed by atoms with van der Waals surface area (Å²) in [6, 6.07) is 0. The van der Waals surface area contributed by atoms with Crippen LogP contribution >= 0.6 is 0 Å². The van der Waals surface area contributed by atoms with Gasteiger partial charge in [-0.05, 0) is 123 Å². The molecule has 4 saturated carbocycles. The number of ether oxygens (including phenoxy) is 18. The lowest BCUT2D eigenvalue weighted by atomic mass is 9.33. The Hall–Kier alpha value is -4.23. The number of carboxylic acid groups (broad SMARTS) is 1. The van der Waals surface area contributed by atoms with Crippen LogP contribution in [0.3, 0.4) is 0 Å². The van der Waals surface area contributed by atoms with E-state index in [1.807, 2.05) is 27.7 Å². The Morgan fingerprint density at radius 3 is 1.50 bits per heavy atom. The number of hydrogen-bond donors (Lipinski definition) is 24. The van der Waals surface area contributed by atoms with E-state index in [1.165, 1.54) is 13.8 Å². The lowest BCUT2D eigenvalue weighted by Crippen LogP contribution is -2.69. The standard InChI is InChI=1S/C93H150O47/c1-13-35(3)45(127-54(103)25-40(99)24-46(36(4)14-2)128-81-65(114)60(109)49(31-96)129-81)23-39(98)26-55(104)133-71-37(5)126-85(76(68(71)117)138-84-70(119)74(136-82-66(115)61(110)58(107)47(29-94)130-82)72(38(6)125-84)134-79-63(112)56(105)43(100)32-123-79)140-87(122)93-22-21-88(7,8)27-42(93)41-15-16-51-89(9)19-18-53(90(10,34-97)50(89)17-20-91(51,11)92(41,12)28-52(93)102)132-86-77(139-83-67(116)62(111)59(108)48(30-95)131-83)73(69(118)75(137-86)78(120)121)135-80-64(113)57(106)44(101)33-124-80/h15,34-40,42-53,56-77,79-86,94-96,98-102,105-119H,13-14,16-33H2,1-12H3,(H,120,121)/t35-,36+,37-,38+,39+,40+,42+,43-,44-,45-,46+,47-,48-,49+,50-,51-,52-,53+,56+,57+,58-,59+,60+,61+,62+,63-,64-,65-,66-,67-,68+,69+,70-,71+,72+,73+,74+,75+,76-,77-,79+,80+,81-,82+,83+,84+,85+,86-,89+,90+,91-,92-,93-/m1/s1. The van der Waals surface area contributed by atoms with Gasteiger partial charge in [-0.25, -0.2) is 4.79 Å². The van der Waals surface area contributed by atoms with Crippen LogP contribution in [0.1, 0.15) is 179 Å². The zero-order valence-corrected chi connectivity index (χ0v) is 80.6. The molecule has 0 aromatic heterocycles. The fourth-order valence-corrected chi connectivity index (χ4v) is 24.4. The molecule has 0 unspecified atom stereocenters. The van der Waals surface area contributed by atoms with Crippen molar-refractivity contribution in [2.24, 2.45) is 62.1 Å². The lowest BCUT2D eigenvalue weighted by molar-refractivity contribution is -0.394. The Kier molecular flexibility index (Phi) is 36.5. The second kappa shape index (κ2) is 45.3. The molecule has 13 aliphatic rings. The summed E-state index contributed by atoms with van der Waals surface area (Å²) in [5.74, 6) is -7.47. The molecule has 5 aliphatic carbocycles. The maximum atomic E-state index is 16.5. The summed E-state index contributed by atoms with van der Waals surface area (Å²) < 4.78 is 110. The molecule has 8 saturated heterocycles. The number of hydrogen-bond acceptors (Lipinski definition) is 46. The molecule has 53 atom stereocenters. The monoisotopic (exact) mass is 2020 g/mol. The SMILES string of the molecule is CC[C@@H](C)[C@@H](C[C@H](O)CC(=O)O[C@@H]1[C@H](O)[C@@H](O[C@@H]2O[C@@H](C)[C@H](O[C@@H]3OC[C@@H](O)[C@H](O)[C@H]3O)[C@@H](O[C@@H]3O[C@H](CO)[C@@H](O)[C@H](O)[C@H]3O)[C@H]2O)[C@H](OC(=O)[C@]23CCC(C)(C)C[C@H]2C2=CC[C@@H]4[C@@]5(C)CC[C@H](O[C@@H]6O[C@H](C(=O)O)[C@@H](O)[C@H](O[C@@H]7OC[C@@H](O)[C@H](O)[C@H]7O)[C@H]6O[C@@H]6O[C@H](CO)[C@H](O)[C@H](O)[C@H]6O)[C@@](C)(C=O)[C@@H]5CC[C@@]4(C)[C@]2(C)C[C@H]3O)O[C@@H]1C)OC(=O)C[C@@H](O)C[C@H](O[C@@H]1O[C@@H](CO)[C@H](O)[C@H]1O)[C@@H](C)CC. The van der Waals surface area contributed by atoms with E-state index in [-0.39, 0.29) is 63.2 Å². The van der Waals surface area contributed by atoms with Crippen molar-refractivity contribution in [3.05, 3.63) is 11.6 Å². The van der Waals surface area contributed by atoms with Gasteiger partial charge in [-0.15, -0.1) is 0 Å². The highest BCUT2D eigenvalue weighted by atomic mass is 16.8. The summed E-state index contributed by atoms with van der Waals surface area (Å²) in [4.78, 5) is 72.5. The average Bonchev–Trinajstić information content (AvgIpc) is 0.691. The van der Waals surface area contributed by atoms with Crippen LogP contribution < -0.4 is 0 Å². The van der Waals surface area contributed by atoms with Crippen molar-refractivity contribution >= 4 is 30.2 Å². The van der Waals surface area contributed by atoms with Gasteiger partial charge in [-0.3, -0.25) is 14.4 Å². The zero-order valence-electron chi connectivity index (χ0n) is 80.6. The molecule has 8 aliphatic heterocycles. The number of aliphatic hydroxyl groups excluding tert-OH is 23. The summed E-state index contributed by atoms with van der Waals surface area (Å²) in [5, 5.41) is 267. The minimum absolute atomic E-state index is 0.0225. The van der Waals surface area contributed by atoms with Gasteiger partial charge in [0.25, 0.3) is 0 Å². The number of carbonyl (C=O) groups excluding carboxylic acids is 4. The van der Waals surface area contributed by atoms with Crippen molar-refractivity contribution in [1.29, 1.82) is 0 Å². The predicted octanol–water partition coefficient (Wildman–Crippen LogP) is -6.33. The highest BCUT2D eigenvalue weighted by Crippen LogP contribution is 2.76. The molecule has 0 amide bonds. The number of carbonyl (C=O) groups is 5. The number of esters is 3. The highest BCUT2D eigenvalue weighted by molar-refractivity contribution is 5.80. The Labute approximate surface area is 808 Å². The number of rotatable bonds is 35. The van der Waals surface area contributed by atoms with Gasteiger partial charge in [-0.1, -0.05) is 93.7 Å². The molecule has 0 spiro atoms. The molecule has 47 heteroatoms. The largest absolute Gasteiger partial charge is 0.479 e. The Bertz CT molecular complexity index is 4140. The van der Waals surface area contributed by atoms with Crippen molar-refractivity contribution in [1.82, 2.24) is 0 Å². The molecule has 0 radical (unpaired) electrons. The number of aldehydes is 1. The van der Waals surface area contributed by atoms with Gasteiger partial charge in [0.15, 0.2) is 62.3 Å². The van der Waals surface area contributed by atoms with E-state index in [1.54, 1.807) is 27.7 Å². The summed E-state index contributed by atoms with van der Waals surface area (Å²) in [6.45, 7) is 18.0. The van der Waals surface area contributed by atoms with Crippen LogP contribution in [-0.2, 0) is 109 Å². The van der Waals surface area contributed by atoms with Gasteiger partial charge in [-0.2, -0.15) is 0 Å². The van der Waals surface area contributed by atoms with E-state index in [2.05, 4.69) is 19.9 Å². The van der Waals surface area contributed by atoms with Crippen LogP contribution in [0.15, 0.2) is 11.6 Å². The first-order valence-corrected chi connectivity index (χ1v) is 49.0. The molecule has 0 bridgehead atoms. The first-order valence-electron chi connectivity index (χ1n) is 49.0. The van der Waals surface area contributed by atoms with Crippen LogP contribution in [0, 0.1) is 62.1 Å². The third kappa shape index (κ3) is 21.9. The molecule has 13 rings (SSSR count). The molecule has 140 heavy (non-hydrogen) atoms. The van der Waals surface area contributed by atoms with Crippen molar-refractivity contribution in [3.8, 4) is 0 Å². The van der Waals surface area contributed by atoms with Gasteiger partial charge in [0.05, 0.1) is 94.0 Å². The Morgan fingerprint density at radius 2 is 0.943 bits per heavy atom. The van der Waals surface area contributed by atoms with Crippen LogP contribution in [-0.4, -0.2) is 450 Å². The third-order valence-corrected chi connectivity index (χ3v) is 33.6. The van der Waals surface area contributed by atoms with Crippen LogP contribution in [0.2, 0.25) is 0 Å². The number of allylic oxidation sites excluding steroid dienone is 2. The first-order chi connectivity index (χ1) is 65.8. The van der Waals surface area contributed by atoms with Crippen molar-refractivity contribution in [2.75, 3.05) is 33.0 Å². The van der Waals surface area contributed by atoms with Crippen LogP contribution in [0.25, 0.3) is 0 Å². The van der Waals surface area contributed by atoms with Gasteiger partial charge in [0.2, 0.25) is 6.29 Å². The average molecular weight is 2020 g/mol. The Morgan fingerprint density at radius 1 is 0.464 bits per heavy atom. The third-order valence-electron chi connectivity index (χ3n) is 33.6. The highest BCUT2D eigenvalue weighted by Gasteiger charge is 2.74. The number of carboxylic acids is 1.